The van der Waals surface area contributed by atoms with Crippen LogP contribution in [0.25, 0.3) is 0 Å². The Bertz CT molecular complexity index is 763. The molecule has 0 atom stereocenters. The van der Waals surface area contributed by atoms with Gasteiger partial charge < -0.3 is 9.64 Å². The van der Waals surface area contributed by atoms with E-state index in [1.54, 1.807) is 25.2 Å². The molecular weight excluding hydrogens is 420 g/mol. The van der Waals surface area contributed by atoms with Crippen molar-refractivity contribution in [2.24, 2.45) is 0 Å². The van der Waals surface area contributed by atoms with Crippen LogP contribution in [-0.4, -0.2) is 56.0 Å². The first-order valence-electron chi connectivity index (χ1n) is 7.57. The Labute approximate surface area is 154 Å². The SMILES string of the molecule is CN1CC2(CCN(S(=O)(=O)Cc3cc(Cl)ccc3Br)CC2)OC1=O. The van der Waals surface area contributed by atoms with Crippen molar-refractivity contribution < 1.29 is 17.9 Å². The predicted molar refractivity (Wildman–Crippen MR) is 94.4 cm³/mol. The van der Waals surface area contributed by atoms with Crippen LogP contribution in [0.15, 0.2) is 22.7 Å². The molecule has 2 heterocycles. The van der Waals surface area contributed by atoms with Crippen LogP contribution in [0.3, 0.4) is 0 Å². The normalized spacial score (nSPS) is 21.3. The number of hydrogen-bond donors (Lipinski definition) is 0. The van der Waals surface area contributed by atoms with Gasteiger partial charge in [-0.2, -0.15) is 0 Å². The van der Waals surface area contributed by atoms with E-state index in [0.717, 1.165) is 4.47 Å². The first-order valence-corrected chi connectivity index (χ1v) is 10.3. The van der Waals surface area contributed by atoms with Gasteiger partial charge in [0.1, 0.15) is 5.60 Å². The highest BCUT2D eigenvalue weighted by molar-refractivity contribution is 9.10. The number of hydrogen-bond acceptors (Lipinski definition) is 4. The third kappa shape index (κ3) is 3.56. The van der Waals surface area contributed by atoms with Crippen molar-refractivity contribution in [1.29, 1.82) is 0 Å². The lowest BCUT2D eigenvalue weighted by molar-refractivity contribution is 0.0172. The molecule has 0 radical (unpaired) electrons. The third-order valence-electron chi connectivity index (χ3n) is 4.51. The van der Waals surface area contributed by atoms with Gasteiger partial charge in [-0.25, -0.2) is 17.5 Å². The lowest BCUT2D eigenvalue weighted by Gasteiger charge is -2.36. The standard InChI is InChI=1S/C15H18BrClN2O4S/c1-18-10-15(23-14(18)20)4-6-19(7-5-15)24(21,22)9-11-8-12(17)2-3-13(11)16/h2-3,8H,4-7,9-10H2,1H3. The number of rotatable bonds is 3. The van der Waals surface area contributed by atoms with E-state index in [-0.39, 0.29) is 11.8 Å². The van der Waals surface area contributed by atoms with Crippen LogP contribution in [0.2, 0.25) is 5.02 Å². The van der Waals surface area contributed by atoms with Crippen LogP contribution in [0, 0.1) is 0 Å². The number of carbonyl (C=O) groups is 1. The zero-order chi connectivity index (χ0) is 17.5. The molecule has 132 valence electrons. The number of nitrogens with zero attached hydrogens (tertiary/aromatic N) is 2. The molecule has 0 bridgehead atoms. The van der Waals surface area contributed by atoms with Crippen LogP contribution in [-0.2, 0) is 20.5 Å². The van der Waals surface area contributed by atoms with Gasteiger partial charge in [-0.15, -0.1) is 0 Å². The van der Waals surface area contributed by atoms with Gasteiger partial charge in [0.2, 0.25) is 10.0 Å². The molecule has 2 aliphatic heterocycles. The van der Waals surface area contributed by atoms with Crippen LogP contribution < -0.4 is 0 Å². The van der Waals surface area contributed by atoms with E-state index < -0.39 is 15.6 Å². The Hall–Kier alpha value is -0.830. The van der Waals surface area contributed by atoms with Gasteiger partial charge >= 0.3 is 6.09 Å². The van der Waals surface area contributed by atoms with Crippen molar-refractivity contribution >= 4 is 43.6 Å². The number of carbonyl (C=O) groups excluding carboxylic acids is 1. The van der Waals surface area contributed by atoms with E-state index in [4.69, 9.17) is 16.3 Å². The monoisotopic (exact) mass is 436 g/mol. The molecule has 1 aromatic rings. The average molecular weight is 438 g/mol. The summed E-state index contributed by atoms with van der Waals surface area (Å²) in [5.74, 6) is -0.110. The maximum absolute atomic E-state index is 12.7. The highest BCUT2D eigenvalue weighted by Crippen LogP contribution is 2.34. The van der Waals surface area contributed by atoms with Gasteiger partial charge in [-0.05, 0) is 23.8 Å². The third-order valence-corrected chi connectivity index (χ3v) is 7.35. The number of ether oxygens (including phenoxy) is 1. The zero-order valence-electron chi connectivity index (χ0n) is 13.2. The van der Waals surface area contributed by atoms with E-state index >= 15 is 0 Å². The summed E-state index contributed by atoms with van der Waals surface area (Å²) in [6.45, 7) is 1.21. The fraction of sp³-hybridized carbons (Fsp3) is 0.533. The second-order valence-corrected chi connectivity index (χ2v) is 9.56. The summed E-state index contributed by atoms with van der Waals surface area (Å²) in [5, 5.41) is 0.502. The molecule has 1 spiro atoms. The van der Waals surface area contributed by atoms with Crippen molar-refractivity contribution in [1.82, 2.24) is 9.21 Å². The molecule has 0 saturated carbocycles. The fourth-order valence-corrected chi connectivity index (χ4v) is 5.49. The van der Waals surface area contributed by atoms with Gasteiger partial charge in [0, 0.05) is 42.5 Å². The van der Waals surface area contributed by atoms with Crippen LogP contribution >= 0.6 is 27.5 Å². The molecule has 2 aliphatic rings. The van der Waals surface area contributed by atoms with Crippen molar-refractivity contribution in [3.63, 3.8) is 0 Å². The molecule has 0 aliphatic carbocycles. The Morgan fingerprint density at radius 1 is 1.33 bits per heavy atom. The fourth-order valence-electron chi connectivity index (χ4n) is 3.17. The molecule has 0 aromatic heterocycles. The molecule has 0 unspecified atom stereocenters. The number of amides is 1. The van der Waals surface area contributed by atoms with Gasteiger partial charge in [0.25, 0.3) is 0 Å². The largest absolute Gasteiger partial charge is 0.441 e. The number of sulfonamides is 1. The summed E-state index contributed by atoms with van der Waals surface area (Å²) in [4.78, 5) is 13.1. The van der Waals surface area contributed by atoms with Crippen molar-refractivity contribution in [2.45, 2.75) is 24.2 Å². The summed E-state index contributed by atoms with van der Waals surface area (Å²) < 4.78 is 33.0. The summed E-state index contributed by atoms with van der Waals surface area (Å²) in [5.41, 5.74) is 0.0870. The van der Waals surface area contributed by atoms with Gasteiger partial charge in [0.05, 0.1) is 12.3 Å². The second kappa shape index (κ2) is 6.48. The molecular formula is C15H18BrClN2O4S. The summed E-state index contributed by atoms with van der Waals surface area (Å²) in [6.07, 6.45) is 0.687. The minimum absolute atomic E-state index is 0.110. The van der Waals surface area contributed by atoms with Crippen molar-refractivity contribution in [3.8, 4) is 0 Å². The first-order chi connectivity index (χ1) is 11.2. The van der Waals surface area contributed by atoms with Gasteiger partial charge in [-0.3, -0.25) is 0 Å². The van der Waals surface area contributed by atoms with Gasteiger partial charge in [-0.1, -0.05) is 27.5 Å². The summed E-state index contributed by atoms with van der Waals surface area (Å²) in [6, 6.07) is 5.10. The molecule has 1 amide bonds. The zero-order valence-corrected chi connectivity index (χ0v) is 16.3. The Balaban J connectivity index is 1.69. The number of likely N-dealkylation sites (N-methyl/N-ethyl adjacent to an activating group) is 1. The van der Waals surface area contributed by atoms with E-state index in [0.29, 0.717) is 43.1 Å². The van der Waals surface area contributed by atoms with Crippen LogP contribution in [0.5, 0.6) is 0 Å². The van der Waals surface area contributed by atoms with Gasteiger partial charge in [0.15, 0.2) is 0 Å². The average Bonchev–Trinajstić information content (AvgIpc) is 2.77. The maximum atomic E-state index is 12.7. The van der Waals surface area contributed by atoms with E-state index in [9.17, 15) is 13.2 Å². The van der Waals surface area contributed by atoms with E-state index in [1.807, 2.05) is 0 Å². The Morgan fingerprint density at radius 2 is 2.00 bits per heavy atom. The van der Waals surface area contributed by atoms with Crippen LogP contribution in [0.4, 0.5) is 4.79 Å². The minimum atomic E-state index is -3.46. The molecule has 24 heavy (non-hydrogen) atoms. The second-order valence-electron chi connectivity index (χ2n) is 6.30. The lowest BCUT2D eigenvalue weighted by Crippen LogP contribution is -2.48. The summed E-state index contributed by atoms with van der Waals surface area (Å²) >= 11 is 9.32. The predicted octanol–water partition coefficient (Wildman–Crippen LogP) is 2.85. The van der Waals surface area contributed by atoms with Crippen molar-refractivity contribution in [2.75, 3.05) is 26.7 Å². The quantitative estimate of drug-likeness (QED) is 0.729. The van der Waals surface area contributed by atoms with E-state index in [1.165, 1.54) is 9.21 Å². The number of benzene rings is 1. The Kier molecular flexibility index (Phi) is 4.85. The highest BCUT2D eigenvalue weighted by Gasteiger charge is 2.47. The van der Waals surface area contributed by atoms with Crippen molar-refractivity contribution in [3.05, 3.63) is 33.3 Å². The molecule has 0 N–H and O–H groups in total. The summed E-state index contributed by atoms with van der Waals surface area (Å²) in [7, 11) is -1.77. The first kappa shape index (κ1) is 18.0. The Morgan fingerprint density at radius 3 is 2.58 bits per heavy atom. The number of halogens is 2. The molecule has 2 saturated heterocycles. The highest BCUT2D eigenvalue weighted by atomic mass is 79.9. The maximum Gasteiger partial charge on any atom is 0.410 e. The van der Waals surface area contributed by atoms with Crippen LogP contribution in [0.1, 0.15) is 18.4 Å². The topological polar surface area (TPSA) is 66.9 Å². The molecule has 6 nitrogen and oxygen atoms in total. The van der Waals surface area contributed by atoms with E-state index in [2.05, 4.69) is 15.9 Å². The molecule has 2 fully saturated rings. The lowest BCUT2D eigenvalue weighted by atomic mass is 9.92. The minimum Gasteiger partial charge on any atom is -0.441 e. The smallest absolute Gasteiger partial charge is 0.410 e. The molecule has 3 rings (SSSR count). The molecule has 9 heteroatoms. The molecule has 1 aromatic carbocycles. The number of piperidine rings is 1.